The van der Waals surface area contributed by atoms with E-state index in [-0.39, 0.29) is 24.8 Å². The van der Waals surface area contributed by atoms with Gasteiger partial charge in [0.15, 0.2) is 0 Å². The molecule has 0 N–H and O–H groups in total. The second kappa shape index (κ2) is 7.82. The lowest BCUT2D eigenvalue weighted by Crippen LogP contribution is -2.46. The molecule has 2 aliphatic rings. The molecule has 0 saturated carbocycles. The summed E-state index contributed by atoms with van der Waals surface area (Å²) in [6, 6.07) is 12.3. The number of aryl methyl sites for hydroxylation is 1. The number of nitrogens with zero attached hydrogens (tertiary/aromatic N) is 2. The van der Waals surface area contributed by atoms with E-state index in [1.54, 1.807) is 12.0 Å². The third-order valence-corrected chi connectivity index (χ3v) is 5.79. The first-order chi connectivity index (χ1) is 14.4. The molecule has 2 aromatic rings. The van der Waals surface area contributed by atoms with Crippen molar-refractivity contribution in [2.24, 2.45) is 5.92 Å². The molecule has 2 atom stereocenters. The van der Waals surface area contributed by atoms with Gasteiger partial charge in [0.2, 0.25) is 11.8 Å². The number of anilines is 2. The maximum absolute atomic E-state index is 13.5. The Morgan fingerprint density at radius 1 is 1.03 bits per heavy atom. The van der Waals surface area contributed by atoms with Gasteiger partial charge in [-0.05, 0) is 36.2 Å². The quantitative estimate of drug-likeness (QED) is 0.727. The number of amides is 2. The molecule has 1 fully saturated rings. The highest BCUT2D eigenvalue weighted by atomic mass is 16.5. The van der Waals surface area contributed by atoms with E-state index in [1.807, 2.05) is 49.4 Å². The number of rotatable bonds is 4. The molecule has 2 aliphatic heterocycles. The van der Waals surface area contributed by atoms with E-state index in [0.29, 0.717) is 23.5 Å². The van der Waals surface area contributed by atoms with Gasteiger partial charge < -0.3 is 14.4 Å². The molecule has 2 unspecified atom stereocenters. The summed E-state index contributed by atoms with van der Waals surface area (Å²) in [5.74, 6) is -0.805. The van der Waals surface area contributed by atoms with Crippen molar-refractivity contribution in [1.82, 2.24) is 0 Å². The third kappa shape index (κ3) is 3.30. The monoisotopic (exact) mass is 408 g/mol. The van der Waals surface area contributed by atoms with Gasteiger partial charge in [-0.25, -0.2) is 4.79 Å². The maximum Gasteiger partial charge on any atom is 0.329 e. The fourth-order valence-electron chi connectivity index (χ4n) is 4.30. The maximum atomic E-state index is 13.5. The predicted molar refractivity (Wildman–Crippen MR) is 112 cm³/mol. The second-order valence-electron chi connectivity index (χ2n) is 7.66. The molecule has 7 heteroatoms. The van der Waals surface area contributed by atoms with Crippen LogP contribution in [0.1, 0.15) is 17.5 Å². The first-order valence-corrected chi connectivity index (χ1v) is 9.88. The summed E-state index contributed by atoms with van der Waals surface area (Å²) in [5.41, 5.74) is 3.27. The topological polar surface area (TPSA) is 76.2 Å². The summed E-state index contributed by atoms with van der Waals surface area (Å²) >= 11 is 0. The van der Waals surface area contributed by atoms with E-state index in [4.69, 9.17) is 9.47 Å². The van der Waals surface area contributed by atoms with Gasteiger partial charge >= 0.3 is 5.97 Å². The largest absolute Gasteiger partial charge is 0.495 e. The van der Waals surface area contributed by atoms with Crippen LogP contribution in [0.3, 0.4) is 0 Å². The van der Waals surface area contributed by atoms with Crippen LogP contribution >= 0.6 is 0 Å². The molecule has 4 rings (SSSR count). The lowest BCUT2D eigenvalue weighted by Gasteiger charge is -2.26. The third-order valence-electron chi connectivity index (χ3n) is 5.79. The Balaban J connectivity index is 1.63. The van der Waals surface area contributed by atoms with Crippen LogP contribution in [0.2, 0.25) is 0 Å². The Labute approximate surface area is 175 Å². The van der Waals surface area contributed by atoms with Crippen LogP contribution in [-0.2, 0) is 25.5 Å². The highest BCUT2D eigenvalue weighted by Gasteiger charge is 2.45. The zero-order valence-corrected chi connectivity index (χ0v) is 17.3. The number of benzene rings is 2. The molecule has 0 aliphatic carbocycles. The van der Waals surface area contributed by atoms with Gasteiger partial charge in [0.05, 0.1) is 25.8 Å². The number of methoxy groups -OCH3 is 2. The molecule has 7 nitrogen and oxygen atoms in total. The van der Waals surface area contributed by atoms with Crippen molar-refractivity contribution in [3.8, 4) is 5.75 Å². The normalized spacial score (nSPS) is 20.3. The van der Waals surface area contributed by atoms with Crippen molar-refractivity contribution in [2.45, 2.75) is 25.8 Å². The summed E-state index contributed by atoms with van der Waals surface area (Å²) in [6.45, 7) is 2.18. The van der Waals surface area contributed by atoms with Crippen LogP contribution in [-0.4, -0.2) is 44.6 Å². The number of ether oxygens (including phenoxy) is 2. The SMILES string of the molecule is COC(=O)C1Cc2ccccc2N1C(=O)C1CC(=O)N(c2cc(C)ccc2OC)C1. The highest BCUT2D eigenvalue weighted by Crippen LogP contribution is 2.38. The van der Waals surface area contributed by atoms with Gasteiger partial charge in [-0.2, -0.15) is 0 Å². The van der Waals surface area contributed by atoms with Gasteiger partial charge in [0, 0.05) is 25.1 Å². The average molecular weight is 408 g/mol. The highest BCUT2D eigenvalue weighted by molar-refractivity contribution is 6.08. The van der Waals surface area contributed by atoms with E-state index in [1.165, 1.54) is 12.0 Å². The van der Waals surface area contributed by atoms with Gasteiger partial charge in [-0.15, -0.1) is 0 Å². The van der Waals surface area contributed by atoms with Crippen LogP contribution in [0.25, 0.3) is 0 Å². The average Bonchev–Trinajstić information content (AvgIpc) is 3.33. The molecule has 0 bridgehead atoms. The summed E-state index contributed by atoms with van der Waals surface area (Å²) in [4.78, 5) is 41.8. The Hall–Kier alpha value is -3.35. The van der Waals surface area contributed by atoms with Crippen LogP contribution < -0.4 is 14.5 Å². The van der Waals surface area contributed by atoms with E-state index >= 15 is 0 Å². The zero-order chi connectivity index (χ0) is 21.4. The van der Waals surface area contributed by atoms with Crippen molar-refractivity contribution in [3.05, 3.63) is 53.6 Å². The number of fused-ring (bicyclic) bond motifs is 1. The molecule has 0 radical (unpaired) electrons. The Morgan fingerprint density at radius 2 is 1.80 bits per heavy atom. The van der Waals surface area contributed by atoms with Crippen molar-refractivity contribution in [3.63, 3.8) is 0 Å². The molecule has 2 aromatic carbocycles. The summed E-state index contributed by atoms with van der Waals surface area (Å²) in [5, 5.41) is 0. The molecule has 2 heterocycles. The summed E-state index contributed by atoms with van der Waals surface area (Å²) in [7, 11) is 2.87. The first kappa shape index (κ1) is 19.9. The lowest BCUT2D eigenvalue weighted by molar-refractivity contribution is -0.143. The minimum Gasteiger partial charge on any atom is -0.495 e. The van der Waals surface area contributed by atoms with Crippen LogP contribution in [0.4, 0.5) is 11.4 Å². The number of carbonyl (C=O) groups is 3. The van der Waals surface area contributed by atoms with Crippen molar-refractivity contribution >= 4 is 29.2 Å². The van der Waals surface area contributed by atoms with E-state index in [2.05, 4.69) is 0 Å². The van der Waals surface area contributed by atoms with Crippen LogP contribution in [0.15, 0.2) is 42.5 Å². The predicted octanol–water partition coefficient (Wildman–Crippen LogP) is 2.49. The van der Waals surface area contributed by atoms with E-state index < -0.39 is 17.9 Å². The number of hydrogen-bond acceptors (Lipinski definition) is 5. The fourth-order valence-corrected chi connectivity index (χ4v) is 4.30. The van der Waals surface area contributed by atoms with Gasteiger partial charge in [-0.3, -0.25) is 14.5 Å². The minimum atomic E-state index is -0.711. The summed E-state index contributed by atoms with van der Waals surface area (Å²) in [6.07, 6.45) is 0.493. The number of para-hydroxylation sites is 1. The number of esters is 1. The van der Waals surface area contributed by atoms with Crippen molar-refractivity contribution < 1.29 is 23.9 Å². The standard InChI is InChI=1S/C23H24N2O5/c1-14-8-9-20(29-2)18(10-14)24-13-16(12-21(24)26)22(27)25-17-7-5-4-6-15(17)11-19(25)23(28)30-3/h4-10,16,19H,11-13H2,1-3H3. The zero-order valence-electron chi connectivity index (χ0n) is 17.3. The Morgan fingerprint density at radius 3 is 2.53 bits per heavy atom. The second-order valence-corrected chi connectivity index (χ2v) is 7.66. The summed E-state index contributed by atoms with van der Waals surface area (Å²) < 4.78 is 10.4. The van der Waals surface area contributed by atoms with Gasteiger partial charge in [0.25, 0.3) is 0 Å². The molecule has 156 valence electrons. The lowest BCUT2D eigenvalue weighted by atomic mass is 10.1. The number of hydrogen-bond donors (Lipinski definition) is 0. The van der Waals surface area contributed by atoms with E-state index in [9.17, 15) is 14.4 Å². The first-order valence-electron chi connectivity index (χ1n) is 9.88. The van der Waals surface area contributed by atoms with Gasteiger partial charge in [0.1, 0.15) is 11.8 Å². The molecule has 2 amide bonds. The van der Waals surface area contributed by atoms with E-state index in [0.717, 1.165) is 11.1 Å². The minimum absolute atomic E-state index is 0.0858. The van der Waals surface area contributed by atoms with Crippen molar-refractivity contribution in [1.29, 1.82) is 0 Å². The van der Waals surface area contributed by atoms with Gasteiger partial charge in [-0.1, -0.05) is 24.3 Å². The molecular formula is C23H24N2O5. The molecular weight excluding hydrogens is 384 g/mol. The molecule has 30 heavy (non-hydrogen) atoms. The number of carbonyl (C=O) groups excluding carboxylic acids is 3. The fraction of sp³-hybridized carbons (Fsp3) is 0.348. The molecule has 0 spiro atoms. The van der Waals surface area contributed by atoms with Crippen LogP contribution in [0.5, 0.6) is 5.75 Å². The molecule has 1 saturated heterocycles. The van der Waals surface area contributed by atoms with Crippen molar-refractivity contribution in [2.75, 3.05) is 30.6 Å². The molecule has 0 aromatic heterocycles. The Bertz CT molecular complexity index is 1020. The smallest absolute Gasteiger partial charge is 0.329 e. The van der Waals surface area contributed by atoms with Crippen LogP contribution in [0, 0.1) is 12.8 Å². The Kier molecular flexibility index (Phi) is 5.20.